The Bertz CT molecular complexity index is 183. The van der Waals surface area contributed by atoms with E-state index >= 15 is 0 Å². The lowest BCUT2D eigenvalue weighted by Crippen LogP contribution is -2.22. The molecule has 0 aromatic rings. The van der Waals surface area contributed by atoms with Crippen LogP contribution in [0.3, 0.4) is 0 Å². The number of rotatable bonds is 9. The molecule has 0 saturated heterocycles. The molecule has 88 valence electrons. The van der Waals surface area contributed by atoms with Gasteiger partial charge in [-0.2, -0.15) is 11.8 Å². The molecule has 1 amide bonds. The minimum Gasteiger partial charge on any atom is -0.353 e. The molecule has 3 nitrogen and oxygen atoms in total. The molecule has 0 fully saturated rings. The maximum atomic E-state index is 11.2. The Morgan fingerprint density at radius 3 is 2.73 bits per heavy atom. The fourth-order valence-corrected chi connectivity index (χ4v) is 1.43. The maximum Gasteiger partial charge on any atom is 0.243 e. The number of unbranched alkanes of at least 4 members (excludes halogenated alkanes) is 3. The topological polar surface area (TPSA) is 55.1 Å². The molecule has 0 aromatic carbocycles. The summed E-state index contributed by atoms with van der Waals surface area (Å²) in [5.74, 6) is 0.909. The first-order chi connectivity index (χ1) is 7.31. The average Bonchev–Trinajstić information content (AvgIpc) is 2.23. The summed E-state index contributed by atoms with van der Waals surface area (Å²) in [7, 11) is 0. The number of nitrogens with one attached hydrogen (secondary N) is 1. The normalized spacial score (nSPS) is 10.8. The molecule has 0 bridgehead atoms. The highest BCUT2D eigenvalue weighted by atomic mass is 32.2. The van der Waals surface area contributed by atoms with Crippen molar-refractivity contribution < 1.29 is 4.79 Å². The molecule has 0 aliphatic carbocycles. The smallest absolute Gasteiger partial charge is 0.243 e. The van der Waals surface area contributed by atoms with Crippen LogP contribution in [0.5, 0.6) is 0 Å². The first-order valence-corrected chi connectivity index (χ1v) is 6.84. The molecule has 0 aromatic heterocycles. The van der Waals surface area contributed by atoms with E-state index in [1.165, 1.54) is 0 Å². The van der Waals surface area contributed by atoms with Crippen LogP contribution in [0.2, 0.25) is 0 Å². The van der Waals surface area contributed by atoms with Gasteiger partial charge in [-0.1, -0.05) is 18.9 Å². The third-order valence-corrected chi connectivity index (χ3v) is 2.49. The molecule has 15 heavy (non-hydrogen) atoms. The van der Waals surface area contributed by atoms with Crippen LogP contribution < -0.4 is 11.1 Å². The van der Waals surface area contributed by atoms with Crippen molar-refractivity contribution in [3.8, 4) is 0 Å². The first kappa shape index (κ1) is 14.5. The summed E-state index contributed by atoms with van der Waals surface area (Å²) < 4.78 is 0. The summed E-state index contributed by atoms with van der Waals surface area (Å²) in [5, 5.41) is 2.85. The molecule has 0 radical (unpaired) electrons. The molecular formula is C11H22N2OS. The highest BCUT2D eigenvalue weighted by Crippen LogP contribution is 1.97. The van der Waals surface area contributed by atoms with E-state index in [2.05, 4.69) is 5.32 Å². The summed E-state index contributed by atoms with van der Waals surface area (Å²) in [4.78, 5) is 11.2. The third kappa shape index (κ3) is 11.4. The van der Waals surface area contributed by atoms with Crippen LogP contribution in [-0.4, -0.2) is 31.0 Å². The fourth-order valence-electron chi connectivity index (χ4n) is 1.14. The van der Waals surface area contributed by atoms with Crippen LogP contribution in [0.4, 0.5) is 0 Å². The van der Waals surface area contributed by atoms with E-state index in [-0.39, 0.29) is 5.91 Å². The van der Waals surface area contributed by atoms with Crippen molar-refractivity contribution in [3.63, 3.8) is 0 Å². The zero-order valence-corrected chi connectivity index (χ0v) is 10.3. The second-order valence-corrected chi connectivity index (χ2v) is 4.26. The number of amides is 1. The van der Waals surface area contributed by atoms with Gasteiger partial charge < -0.3 is 11.1 Å². The van der Waals surface area contributed by atoms with E-state index in [9.17, 15) is 4.79 Å². The zero-order valence-electron chi connectivity index (χ0n) is 9.50. The lowest BCUT2D eigenvalue weighted by molar-refractivity contribution is -0.116. The zero-order chi connectivity index (χ0) is 11.4. The van der Waals surface area contributed by atoms with Gasteiger partial charge in [-0.25, -0.2) is 0 Å². The number of hydrogen-bond donors (Lipinski definition) is 2. The van der Waals surface area contributed by atoms with Crippen LogP contribution in [0, 0.1) is 0 Å². The van der Waals surface area contributed by atoms with Gasteiger partial charge in [-0.15, -0.1) is 0 Å². The second kappa shape index (κ2) is 11.6. The van der Waals surface area contributed by atoms with E-state index in [4.69, 9.17) is 5.73 Å². The maximum absolute atomic E-state index is 11.2. The summed E-state index contributed by atoms with van der Waals surface area (Å²) in [5.41, 5.74) is 5.38. The largest absolute Gasteiger partial charge is 0.353 e. The van der Waals surface area contributed by atoms with Crippen molar-refractivity contribution in [2.24, 2.45) is 5.73 Å². The molecule has 0 rings (SSSR count). The molecule has 0 heterocycles. The van der Waals surface area contributed by atoms with Gasteiger partial charge in [0, 0.05) is 12.3 Å². The SMILES string of the molecule is CSC/C=C/C(=O)NCCCCCCN. The molecule has 0 atom stereocenters. The van der Waals surface area contributed by atoms with Crippen LogP contribution in [0.15, 0.2) is 12.2 Å². The number of thioether (sulfide) groups is 1. The Morgan fingerprint density at radius 1 is 1.33 bits per heavy atom. The third-order valence-electron chi connectivity index (χ3n) is 1.96. The quantitative estimate of drug-likeness (QED) is 0.467. The van der Waals surface area contributed by atoms with Crippen molar-refractivity contribution in [1.82, 2.24) is 5.32 Å². The Kier molecular flexibility index (Phi) is 11.2. The highest BCUT2D eigenvalue weighted by Gasteiger charge is 1.93. The average molecular weight is 230 g/mol. The van der Waals surface area contributed by atoms with Gasteiger partial charge in [-0.3, -0.25) is 4.79 Å². The first-order valence-electron chi connectivity index (χ1n) is 5.44. The predicted octanol–water partition coefficient (Wildman–Crippen LogP) is 1.54. The van der Waals surface area contributed by atoms with Gasteiger partial charge in [0.05, 0.1) is 0 Å². The molecule has 3 N–H and O–H groups in total. The van der Waals surface area contributed by atoms with Crippen molar-refractivity contribution in [2.45, 2.75) is 25.7 Å². The lowest BCUT2D eigenvalue weighted by Gasteiger charge is -2.01. The molecule has 0 unspecified atom stereocenters. The Balaban J connectivity index is 3.23. The monoisotopic (exact) mass is 230 g/mol. The van der Waals surface area contributed by atoms with Crippen LogP contribution in [0.1, 0.15) is 25.7 Å². The van der Waals surface area contributed by atoms with E-state index in [0.29, 0.717) is 0 Å². The molecule has 0 aliphatic rings. The van der Waals surface area contributed by atoms with Crippen molar-refractivity contribution >= 4 is 17.7 Å². The van der Waals surface area contributed by atoms with Gasteiger partial charge >= 0.3 is 0 Å². The second-order valence-electron chi connectivity index (χ2n) is 3.35. The van der Waals surface area contributed by atoms with Crippen molar-refractivity contribution in [1.29, 1.82) is 0 Å². The van der Waals surface area contributed by atoms with E-state index < -0.39 is 0 Å². The molecule has 0 saturated carbocycles. The highest BCUT2D eigenvalue weighted by molar-refractivity contribution is 7.98. The van der Waals surface area contributed by atoms with Crippen LogP contribution in [0.25, 0.3) is 0 Å². The van der Waals surface area contributed by atoms with Crippen LogP contribution in [-0.2, 0) is 4.79 Å². The minimum atomic E-state index is 0.0166. The van der Waals surface area contributed by atoms with Crippen molar-refractivity contribution in [3.05, 3.63) is 12.2 Å². The Morgan fingerprint density at radius 2 is 2.07 bits per heavy atom. The minimum absolute atomic E-state index is 0.0166. The van der Waals surface area contributed by atoms with E-state index in [0.717, 1.165) is 44.5 Å². The number of hydrogen-bond acceptors (Lipinski definition) is 3. The molecular weight excluding hydrogens is 208 g/mol. The van der Waals surface area contributed by atoms with Crippen LogP contribution >= 0.6 is 11.8 Å². The molecule has 0 spiro atoms. The van der Waals surface area contributed by atoms with E-state index in [1.54, 1.807) is 17.8 Å². The summed E-state index contributed by atoms with van der Waals surface area (Å²) in [6.45, 7) is 1.54. The van der Waals surface area contributed by atoms with Gasteiger partial charge in [0.2, 0.25) is 5.91 Å². The summed E-state index contributed by atoms with van der Waals surface area (Å²) in [6.07, 6.45) is 9.94. The summed E-state index contributed by atoms with van der Waals surface area (Å²) >= 11 is 1.70. The lowest BCUT2D eigenvalue weighted by atomic mass is 10.2. The Labute approximate surface area is 96.9 Å². The standard InChI is InChI=1S/C11H22N2OS/c1-15-10-6-7-11(14)13-9-5-3-2-4-8-12/h6-7H,2-5,8-10,12H2,1H3,(H,13,14)/b7-6+. The van der Waals surface area contributed by atoms with Gasteiger partial charge in [0.1, 0.15) is 0 Å². The number of carbonyl (C=O) groups excluding carboxylic acids is 1. The van der Waals surface area contributed by atoms with E-state index in [1.807, 2.05) is 12.3 Å². The Hall–Kier alpha value is -0.480. The number of nitrogens with two attached hydrogens (primary N) is 1. The van der Waals surface area contributed by atoms with Gasteiger partial charge in [0.15, 0.2) is 0 Å². The molecule has 4 heteroatoms. The summed E-state index contributed by atoms with van der Waals surface area (Å²) in [6, 6.07) is 0. The van der Waals surface area contributed by atoms with Gasteiger partial charge in [-0.05, 0) is 31.7 Å². The van der Waals surface area contributed by atoms with Crippen molar-refractivity contribution in [2.75, 3.05) is 25.1 Å². The van der Waals surface area contributed by atoms with Gasteiger partial charge in [0.25, 0.3) is 0 Å². The molecule has 0 aliphatic heterocycles. The fraction of sp³-hybridized carbons (Fsp3) is 0.727. The predicted molar refractivity (Wildman–Crippen MR) is 68.1 cm³/mol. The number of carbonyl (C=O) groups is 1.